The van der Waals surface area contributed by atoms with Gasteiger partial charge in [0.1, 0.15) is 0 Å². The molecule has 0 spiro atoms. The van der Waals surface area contributed by atoms with Gasteiger partial charge < -0.3 is 21.5 Å². The maximum absolute atomic E-state index is 13.2. The molecule has 0 aliphatic heterocycles. The number of para-hydroxylation sites is 1. The van der Waals surface area contributed by atoms with Crippen molar-refractivity contribution in [3.8, 4) is 16.9 Å². The number of hydrogen-bond acceptors (Lipinski definition) is 3. The first-order chi connectivity index (χ1) is 14.5. The van der Waals surface area contributed by atoms with E-state index in [1.165, 1.54) is 11.3 Å². The summed E-state index contributed by atoms with van der Waals surface area (Å²) in [6.45, 7) is 6.37. The number of allylic oxidation sites excluding steroid dienone is 1. The van der Waals surface area contributed by atoms with Crippen molar-refractivity contribution in [2.24, 2.45) is 12.0 Å². The van der Waals surface area contributed by atoms with Crippen LogP contribution in [0.5, 0.6) is 0 Å². The topological polar surface area (TPSA) is 44.2 Å². The van der Waals surface area contributed by atoms with Gasteiger partial charge in [-0.3, -0.25) is 9.48 Å². The maximum atomic E-state index is 13.2. The molecule has 5 nitrogen and oxygen atoms in total. The van der Waals surface area contributed by atoms with Gasteiger partial charge in [0.15, 0.2) is 10.5 Å². The number of benzene rings is 2. The van der Waals surface area contributed by atoms with Gasteiger partial charge in [0.2, 0.25) is 0 Å². The maximum Gasteiger partial charge on any atom is 0.297 e. The fourth-order valence-electron chi connectivity index (χ4n) is 3.35. The molecule has 2 heterocycles. The second kappa shape index (κ2) is 9.68. The second-order valence-corrected chi connectivity index (χ2v) is 8.10. The van der Waals surface area contributed by atoms with E-state index < -0.39 is 0 Å². The highest BCUT2D eigenvalue weighted by molar-refractivity contribution is 7.07. The van der Waals surface area contributed by atoms with Gasteiger partial charge >= 0.3 is 0 Å². The monoisotopic (exact) mass is 515 g/mol. The van der Waals surface area contributed by atoms with E-state index in [1.54, 1.807) is 4.68 Å². The Hall–Kier alpha value is -2.61. The van der Waals surface area contributed by atoms with Crippen LogP contribution in [0.25, 0.3) is 16.9 Å². The zero-order valence-corrected chi connectivity index (χ0v) is 20.3. The summed E-state index contributed by atoms with van der Waals surface area (Å²) < 4.78 is 5.53. The number of aromatic nitrogens is 3. The molecule has 4 aromatic rings. The van der Waals surface area contributed by atoms with Crippen molar-refractivity contribution in [2.75, 3.05) is 0 Å². The van der Waals surface area contributed by atoms with Crippen LogP contribution in [0.15, 0.2) is 82.4 Å². The largest absolute Gasteiger partial charge is 1.00 e. The summed E-state index contributed by atoms with van der Waals surface area (Å²) >= 11 is 7.53. The number of rotatable bonds is 5. The molecule has 4 rings (SSSR count). The highest BCUT2D eigenvalue weighted by Gasteiger charge is 2.16. The Balaban J connectivity index is 0.00000272. The lowest BCUT2D eigenvalue weighted by atomic mass is 10.2. The van der Waals surface area contributed by atoms with Gasteiger partial charge in [-0.15, -0.1) is 17.9 Å². The van der Waals surface area contributed by atoms with Crippen molar-refractivity contribution in [1.29, 1.82) is 0 Å². The minimum absolute atomic E-state index is 0. The summed E-state index contributed by atoms with van der Waals surface area (Å²) in [6.07, 6.45) is 1.82. The predicted molar refractivity (Wildman–Crippen MR) is 124 cm³/mol. The van der Waals surface area contributed by atoms with Gasteiger partial charge in [-0.1, -0.05) is 48.0 Å². The van der Waals surface area contributed by atoms with Gasteiger partial charge in [0.25, 0.3) is 5.56 Å². The first kappa shape index (κ1) is 23.1. The van der Waals surface area contributed by atoms with E-state index in [9.17, 15) is 4.79 Å². The van der Waals surface area contributed by atoms with Crippen molar-refractivity contribution in [1.82, 2.24) is 13.9 Å². The molecule has 0 amide bonds. The average molecular weight is 517 g/mol. The molecular formula is C23H21BrClN4OS-. The summed E-state index contributed by atoms with van der Waals surface area (Å²) in [4.78, 5) is 18.7. The van der Waals surface area contributed by atoms with Gasteiger partial charge in [0, 0.05) is 24.0 Å². The molecule has 8 heteroatoms. The number of hydrogen-bond donors (Lipinski definition) is 0. The minimum atomic E-state index is -0.146. The van der Waals surface area contributed by atoms with Crippen LogP contribution in [-0.2, 0) is 13.6 Å². The van der Waals surface area contributed by atoms with Crippen LogP contribution in [-0.4, -0.2) is 13.9 Å². The van der Waals surface area contributed by atoms with E-state index >= 15 is 0 Å². The lowest BCUT2D eigenvalue weighted by Gasteiger charge is -2.07. The third-order valence-corrected chi connectivity index (χ3v) is 6.10. The van der Waals surface area contributed by atoms with Crippen molar-refractivity contribution in [3.05, 3.63) is 98.5 Å². The zero-order valence-electron chi connectivity index (χ0n) is 17.1. The van der Waals surface area contributed by atoms with Crippen LogP contribution in [0.4, 0.5) is 5.69 Å². The molecule has 0 saturated heterocycles. The number of thiazole rings is 1. The molecule has 2 aromatic heterocycles. The Bertz CT molecular complexity index is 1330. The Kier molecular flexibility index (Phi) is 7.20. The molecule has 0 atom stereocenters. The van der Waals surface area contributed by atoms with Crippen LogP contribution in [0.2, 0.25) is 5.02 Å². The summed E-state index contributed by atoms with van der Waals surface area (Å²) in [7, 11) is 1.87. The van der Waals surface area contributed by atoms with Crippen molar-refractivity contribution < 1.29 is 17.0 Å². The number of nitrogens with zero attached hydrogens (tertiary/aromatic N) is 4. The van der Waals surface area contributed by atoms with Crippen LogP contribution >= 0.6 is 22.9 Å². The molecule has 0 saturated carbocycles. The van der Waals surface area contributed by atoms with Crippen LogP contribution < -0.4 is 27.3 Å². The highest BCUT2D eigenvalue weighted by atomic mass is 79.9. The van der Waals surface area contributed by atoms with E-state index in [0.29, 0.717) is 17.3 Å². The lowest BCUT2D eigenvalue weighted by molar-refractivity contribution is -0.00000605. The van der Waals surface area contributed by atoms with Crippen LogP contribution in [0, 0.1) is 6.92 Å². The normalized spacial score (nSPS) is 11.4. The van der Waals surface area contributed by atoms with E-state index in [4.69, 9.17) is 16.6 Å². The fraction of sp³-hybridized carbons (Fsp3) is 0.130. The summed E-state index contributed by atoms with van der Waals surface area (Å²) in [5, 5.41) is 2.73. The molecule has 0 aliphatic carbocycles. The molecule has 0 radical (unpaired) electrons. The molecule has 0 aliphatic rings. The lowest BCUT2D eigenvalue weighted by Crippen LogP contribution is -3.00. The third-order valence-electron chi connectivity index (χ3n) is 4.98. The average Bonchev–Trinajstić information content (AvgIpc) is 3.24. The van der Waals surface area contributed by atoms with Crippen molar-refractivity contribution >= 4 is 28.6 Å². The van der Waals surface area contributed by atoms with Crippen molar-refractivity contribution in [3.63, 3.8) is 0 Å². The predicted octanol–water partition coefficient (Wildman–Crippen LogP) is 2.09. The van der Waals surface area contributed by atoms with E-state index in [2.05, 4.69) is 11.1 Å². The Labute approximate surface area is 199 Å². The molecule has 2 aromatic carbocycles. The second-order valence-electron chi connectivity index (χ2n) is 6.83. The first-order valence-electron chi connectivity index (χ1n) is 9.45. The van der Waals surface area contributed by atoms with Gasteiger partial charge in [-0.2, -0.15) is 0 Å². The van der Waals surface area contributed by atoms with E-state index in [1.807, 2.05) is 84.7 Å². The summed E-state index contributed by atoms with van der Waals surface area (Å²) in [6, 6.07) is 17.3. The van der Waals surface area contributed by atoms with Crippen molar-refractivity contribution in [2.45, 2.75) is 13.5 Å². The summed E-state index contributed by atoms with van der Waals surface area (Å²) in [5.41, 5.74) is 3.94. The molecule has 160 valence electrons. The Morgan fingerprint density at radius 2 is 1.81 bits per heavy atom. The Morgan fingerprint density at radius 1 is 1.13 bits per heavy atom. The molecule has 0 unspecified atom stereocenters. The smallest absolute Gasteiger partial charge is 0.297 e. The first-order valence-corrected chi connectivity index (χ1v) is 10.7. The SMILES string of the molecule is C=CCn1c(-c2ccc(Cl)cc2)csc1=Nc1c(C)n(C)n(-c2ccccc2)c1=O.[Br-]. The fourth-order valence-corrected chi connectivity index (χ4v) is 4.40. The minimum Gasteiger partial charge on any atom is -1.00 e. The van der Waals surface area contributed by atoms with Crippen LogP contribution in [0.3, 0.4) is 0 Å². The van der Waals surface area contributed by atoms with Gasteiger partial charge in [-0.05, 0) is 36.8 Å². The summed E-state index contributed by atoms with van der Waals surface area (Å²) in [5.74, 6) is 0. The van der Waals surface area contributed by atoms with E-state index in [0.717, 1.165) is 27.4 Å². The molecular weight excluding hydrogens is 496 g/mol. The standard InChI is InChI=1S/C23H21ClN4OS.BrH/c1-4-14-27-20(17-10-12-18(24)13-11-17)15-30-23(27)25-21-16(2)26(3)28(22(21)29)19-8-6-5-7-9-19;/h4-13,15H,1,14H2,2-3H3;1H/p-1. The van der Waals surface area contributed by atoms with Crippen LogP contribution in [0.1, 0.15) is 5.69 Å². The molecule has 0 bridgehead atoms. The Morgan fingerprint density at radius 3 is 2.45 bits per heavy atom. The quantitative estimate of drug-likeness (QED) is 0.375. The molecule has 0 fully saturated rings. The third kappa shape index (κ3) is 4.39. The van der Waals surface area contributed by atoms with Gasteiger partial charge in [-0.25, -0.2) is 9.67 Å². The van der Waals surface area contributed by atoms with E-state index in [-0.39, 0.29) is 22.5 Å². The number of halogens is 2. The molecule has 0 N–H and O–H groups in total. The molecule has 31 heavy (non-hydrogen) atoms. The highest BCUT2D eigenvalue weighted by Crippen LogP contribution is 2.23. The zero-order chi connectivity index (χ0) is 21.3. The van der Waals surface area contributed by atoms with Gasteiger partial charge in [0.05, 0.1) is 17.1 Å².